The number of aromatic nitrogens is 1. The molecule has 0 unspecified atom stereocenters. The third-order valence-electron chi connectivity index (χ3n) is 3.58. The van der Waals surface area contributed by atoms with Gasteiger partial charge in [-0.3, -0.25) is 9.59 Å². The van der Waals surface area contributed by atoms with Gasteiger partial charge in [-0.05, 0) is 44.7 Å². The molecule has 0 aliphatic carbocycles. The van der Waals surface area contributed by atoms with Crippen molar-refractivity contribution in [2.24, 2.45) is 0 Å². The van der Waals surface area contributed by atoms with Gasteiger partial charge in [-0.15, -0.1) is 11.8 Å². The summed E-state index contributed by atoms with van der Waals surface area (Å²) < 4.78 is 0. The van der Waals surface area contributed by atoms with Crippen molar-refractivity contribution < 1.29 is 4.79 Å². The Morgan fingerprint density at radius 2 is 2.00 bits per heavy atom. The number of aromatic amines is 1. The molecule has 1 aromatic carbocycles. The molecule has 0 fully saturated rings. The van der Waals surface area contributed by atoms with E-state index >= 15 is 0 Å². The Morgan fingerprint density at radius 1 is 1.26 bits per heavy atom. The minimum Gasteiger partial charge on any atom is -0.354 e. The van der Waals surface area contributed by atoms with Gasteiger partial charge in [-0.2, -0.15) is 0 Å². The summed E-state index contributed by atoms with van der Waals surface area (Å²) in [6.45, 7) is 6.25. The lowest BCUT2D eigenvalue weighted by Gasteiger charge is -2.27. The quantitative estimate of drug-likeness (QED) is 0.854. The van der Waals surface area contributed by atoms with Crippen LogP contribution in [-0.2, 0) is 6.54 Å². The normalized spacial score (nSPS) is 10.8. The first-order valence-corrected chi connectivity index (χ1v) is 8.78. The SMILES string of the molecule is CSc1cccc(CN(C(=O)c2cc(=O)cc(C)[nH]2)C(C)C)c1. The van der Waals surface area contributed by atoms with Crippen LogP contribution in [0.5, 0.6) is 0 Å². The Bertz CT molecular complexity index is 753. The van der Waals surface area contributed by atoms with E-state index in [1.165, 1.54) is 17.0 Å². The highest BCUT2D eigenvalue weighted by atomic mass is 32.2. The number of rotatable bonds is 5. The second-order valence-electron chi connectivity index (χ2n) is 5.79. The number of hydrogen-bond donors (Lipinski definition) is 1. The zero-order valence-electron chi connectivity index (χ0n) is 13.9. The minimum atomic E-state index is -0.157. The molecule has 0 radical (unpaired) electrons. The average molecular weight is 330 g/mol. The fourth-order valence-corrected chi connectivity index (χ4v) is 2.89. The fourth-order valence-electron chi connectivity index (χ4n) is 2.41. The first kappa shape index (κ1) is 17.3. The first-order valence-electron chi connectivity index (χ1n) is 7.55. The molecule has 0 aliphatic rings. The van der Waals surface area contributed by atoms with Crippen LogP contribution in [0.15, 0.2) is 46.1 Å². The smallest absolute Gasteiger partial charge is 0.270 e. The molecule has 2 aromatic rings. The van der Waals surface area contributed by atoms with Crippen molar-refractivity contribution in [3.8, 4) is 0 Å². The van der Waals surface area contributed by atoms with Crippen LogP contribution in [0.2, 0.25) is 0 Å². The van der Waals surface area contributed by atoms with Gasteiger partial charge in [0.15, 0.2) is 5.43 Å². The Hall–Kier alpha value is -2.01. The van der Waals surface area contributed by atoms with Crippen molar-refractivity contribution in [3.05, 3.63) is 63.6 Å². The van der Waals surface area contributed by atoms with Gasteiger partial charge < -0.3 is 9.88 Å². The molecule has 2 rings (SSSR count). The van der Waals surface area contributed by atoms with E-state index < -0.39 is 0 Å². The van der Waals surface area contributed by atoms with Crippen LogP contribution in [0.4, 0.5) is 0 Å². The van der Waals surface area contributed by atoms with E-state index in [1.54, 1.807) is 23.6 Å². The fraction of sp³-hybridized carbons (Fsp3) is 0.333. The summed E-state index contributed by atoms with van der Waals surface area (Å²) in [6, 6.07) is 11.0. The predicted octanol–water partition coefficient (Wildman–Crippen LogP) is 3.46. The molecular weight excluding hydrogens is 308 g/mol. The number of carbonyl (C=O) groups is 1. The van der Waals surface area contributed by atoms with Gasteiger partial charge in [-0.25, -0.2) is 0 Å². The van der Waals surface area contributed by atoms with Crippen molar-refractivity contribution in [1.29, 1.82) is 0 Å². The Balaban J connectivity index is 2.30. The van der Waals surface area contributed by atoms with Crippen LogP contribution in [0.3, 0.4) is 0 Å². The first-order chi connectivity index (χ1) is 10.9. The molecule has 0 bridgehead atoms. The van der Waals surface area contributed by atoms with Gasteiger partial charge in [0.2, 0.25) is 0 Å². The van der Waals surface area contributed by atoms with Gasteiger partial charge in [0.25, 0.3) is 5.91 Å². The number of aryl methyl sites for hydroxylation is 1. The summed E-state index contributed by atoms with van der Waals surface area (Å²) in [6.07, 6.45) is 2.03. The van der Waals surface area contributed by atoms with Crippen molar-refractivity contribution >= 4 is 17.7 Å². The van der Waals surface area contributed by atoms with Gasteiger partial charge in [-0.1, -0.05) is 12.1 Å². The third-order valence-corrected chi connectivity index (χ3v) is 4.30. The van der Waals surface area contributed by atoms with Gasteiger partial charge in [0.05, 0.1) is 0 Å². The summed E-state index contributed by atoms with van der Waals surface area (Å²) >= 11 is 1.68. The topological polar surface area (TPSA) is 53.2 Å². The van der Waals surface area contributed by atoms with E-state index in [1.807, 2.05) is 38.3 Å². The second kappa shape index (κ2) is 7.51. The van der Waals surface area contributed by atoms with E-state index in [0.29, 0.717) is 17.9 Å². The number of nitrogens with zero attached hydrogens (tertiary/aromatic N) is 1. The molecule has 5 heteroatoms. The average Bonchev–Trinajstić information content (AvgIpc) is 2.51. The molecule has 0 saturated heterocycles. The van der Waals surface area contributed by atoms with E-state index in [0.717, 1.165) is 5.56 Å². The molecule has 0 saturated carbocycles. The molecule has 0 spiro atoms. The van der Waals surface area contributed by atoms with E-state index in [-0.39, 0.29) is 17.4 Å². The van der Waals surface area contributed by atoms with Gasteiger partial charge in [0.1, 0.15) is 5.69 Å². The third kappa shape index (κ3) is 4.48. The van der Waals surface area contributed by atoms with Crippen LogP contribution >= 0.6 is 11.8 Å². The van der Waals surface area contributed by atoms with Crippen LogP contribution in [0.1, 0.15) is 35.6 Å². The zero-order chi connectivity index (χ0) is 17.0. The molecule has 1 heterocycles. The summed E-state index contributed by atoms with van der Waals surface area (Å²) in [5.74, 6) is -0.157. The number of benzene rings is 1. The largest absolute Gasteiger partial charge is 0.354 e. The maximum absolute atomic E-state index is 12.8. The van der Waals surface area contributed by atoms with Crippen molar-refractivity contribution in [3.63, 3.8) is 0 Å². The van der Waals surface area contributed by atoms with Crippen molar-refractivity contribution in [1.82, 2.24) is 9.88 Å². The molecule has 122 valence electrons. The number of H-pyrrole nitrogens is 1. The number of pyridine rings is 1. The Kier molecular flexibility index (Phi) is 5.66. The maximum atomic E-state index is 12.8. The lowest BCUT2D eigenvalue weighted by molar-refractivity contribution is 0.0684. The van der Waals surface area contributed by atoms with Gasteiger partial charge in [0, 0.05) is 35.3 Å². The molecule has 23 heavy (non-hydrogen) atoms. The van der Waals surface area contributed by atoms with Crippen LogP contribution in [0, 0.1) is 6.92 Å². The highest BCUT2D eigenvalue weighted by molar-refractivity contribution is 7.98. The second-order valence-corrected chi connectivity index (χ2v) is 6.67. The standard InChI is InChI=1S/C18H22N2O2S/c1-12(2)20(11-14-6-5-7-16(9-14)23-4)18(22)17-10-15(21)8-13(3)19-17/h5-10,12H,11H2,1-4H3,(H,19,21). The highest BCUT2D eigenvalue weighted by Gasteiger charge is 2.20. The Morgan fingerprint density at radius 3 is 2.61 bits per heavy atom. The number of nitrogens with one attached hydrogen (secondary N) is 1. The molecule has 1 aromatic heterocycles. The number of hydrogen-bond acceptors (Lipinski definition) is 3. The predicted molar refractivity (Wildman–Crippen MR) is 95.0 cm³/mol. The molecule has 4 nitrogen and oxygen atoms in total. The molecule has 0 aliphatic heterocycles. The van der Waals surface area contributed by atoms with Crippen molar-refractivity contribution in [2.45, 2.75) is 38.3 Å². The van der Waals surface area contributed by atoms with Gasteiger partial charge >= 0.3 is 0 Å². The number of thioether (sulfide) groups is 1. The van der Waals surface area contributed by atoms with Crippen molar-refractivity contribution in [2.75, 3.05) is 6.26 Å². The number of carbonyl (C=O) groups excluding carboxylic acids is 1. The van der Waals surface area contributed by atoms with E-state index in [2.05, 4.69) is 11.1 Å². The Labute approximate surface area is 140 Å². The summed E-state index contributed by atoms with van der Waals surface area (Å²) in [7, 11) is 0. The molecule has 1 N–H and O–H groups in total. The summed E-state index contributed by atoms with van der Waals surface area (Å²) in [4.78, 5) is 30.4. The number of amides is 1. The molecular formula is C18H22N2O2S. The minimum absolute atomic E-state index is 0.0319. The summed E-state index contributed by atoms with van der Waals surface area (Å²) in [5, 5.41) is 0. The lowest BCUT2D eigenvalue weighted by Crippen LogP contribution is -2.37. The van der Waals surface area contributed by atoms with Crippen LogP contribution in [-0.4, -0.2) is 28.1 Å². The monoisotopic (exact) mass is 330 g/mol. The molecule has 1 amide bonds. The lowest BCUT2D eigenvalue weighted by atomic mass is 10.1. The van der Waals surface area contributed by atoms with E-state index in [4.69, 9.17) is 0 Å². The van der Waals surface area contributed by atoms with Crippen LogP contribution < -0.4 is 5.43 Å². The van der Waals surface area contributed by atoms with E-state index in [9.17, 15) is 9.59 Å². The zero-order valence-corrected chi connectivity index (χ0v) is 14.7. The van der Waals surface area contributed by atoms with Crippen LogP contribution in [0.25, 0.3) is 0 Å². The highest BCUT2D eigenvalue weighted by Crippen LogP contribution is 2.18. The molecule has 0 atom stereocenters. The maximum Gasteiger partial charge on any atom is 0.270 e. The summed E-state index contributed by atoms with van der Waals surface area (Å²) in [5.41, 5.74) is 1.95.